The van der Waals surface area contributed by atoms with E-state index in [1.807, 2.05) is 0 Å². The number of carbonyl (C=O) groups is 1. The van der Waals surface area contributed by atoms with E-state index in [0.717, 1.165) is 6.42 Å². The molecule has 0 aromatic rings. The van der Waals surface area contributed by atoms with E-state index in [1.54, 1.807) is 0 Å². The zero-order valence-corrected chi connectivity index (χ0v) is 11.2. The van der Waals surface area contributed by atoms with Crippen LogP contribution in [0.25, 0.3) is 0 Å². The van der Waals surface area contributed by atoms with Crippen molar-refractivity contribution in [3.8, 4) is 0 Å². The zero-order valence-electron chi connectivity index (χ0n) is 11.2. The first kappa shape index (κ1) is 17.6. The molecule has 0 aliphatic rings. The normalized spacial score (nSPS) is 11.5. The number of carbonyl (C=O) groups excluding carboxylic acids is 1. The summed E-state index contributed by atoms with van der Waals surface area (Å²) in [6, 6.07) is 0. The van der Waals surface area contributed by atoms with Gasteiger partial charge in [0.15, 0.2) is 0 Å². The number of rotatable bonds is 9. The minimum atomic E-state index is 0.562. The molecule has 0 saturated heterocycles. The molecule has 0 aliphatic heterocycles. The van der Waals surface area contributed by atoms with Crippen molar-refractivity contribution in [1.29, 1.82) is 0 Å². The fraction of sp³-hybridized carbons (Fsp3) is 0.786. The number of ether oxygens (including phenoxy) is 1. The monoisotopic (exact) mass is 228 g/mol. The van der Waals surface area contributed by atoms with Gasteiger partial charge in [-0.1, -0.05) is 40.0 Å². The van der Waals surface area contributed by atoms with Crippen LogP contribution in [-0.4, -0.2) is 13.1 Å². The van der Waals surface area contributed by atoms with Crippen molar-refractivity contribution < 1.29 is 9.53 Å². The van der Waals surface area contributed by atoms with Gasteiger partial charge in [0.1, 0.15) is 0 Å². The van der Waals surface area contributed by atoms with Crippen molar-refractivity contribution in [2.75, 3.05) is 6.61 Å². The SMILES string of the molecule is C=C.CCCCCC(COC=O)CC(C)C. The molecule has 1 unspecified atom stereocenters. The molecular weight excluding hydrogens is 200 g/mol. The molecule has 0 radical (unpaired) electrons. The summed E-state index contributed by atoms with van der Waals surface area (Å²) in [5.41, 5.74) is 0. The van der Waals surface area contributed by atoms with Gasteiger partial charge in [0.25, 0.3) is 6.47 Å². The Kier molecular flexibility index (Phi) is 15.6. The Labute approximate surface area is 101 Å². The average Bonchev–Trinajstić information content (AvgIpc) is 2.28. The fourth-order valence-electron chi connectivity index (χ4n) is 1.79. The van der Waals surface area contributed by atoms with Crippen LogP contribution in [0.1, 0.15) is 52.9 Å². The molecule has 16 heavy (non-hydrogen) atoms. The highest BCUT2D eigenvalue weighted by atomic mass is 16.5. The second kappa shape index (κ2) is 14.2. The molecule has 0 spiro atoms. The molecule has 0 bridgehead atoms. The van der Waals surface area contributed by atoms with Crippen molar-refractivity contribution in [2.45, 2.75) is 52.9 Å². The Hall–Kier alpha value is -0.790. The molecule has 1 atom stereocenters. The molecule has 0 aromatic carbocycles. The summed E-state index contributed by atoms with van der Waals surface area (Å²) in [6.45, 7) is 13.8. The molecular formula is C14H28O2. The number of hydrogen-bond donors (Lipinski definition) is 0. The topological polar surface area (TPSA) is 26.3 Å². The first-order valence-electron chi connectivity index (χ1n) is 6.25. The lowest BCUT2D eigenvalue weighted by Gasteiger charge is -2.17. The largest absolute Gasteiger partial charge is 0.468 e. The van der Waals surface area contributed by atoms with Crippen molar-refractivity contribution in [2.24, 2.45) is 11.8 Å². The summed E-state index contributed by atoms with van der Waals surface area (Å²) in [6.07, 6.45) is 6.16. The summed E-state index contributed by atoms with van der Waals surface area (Å²) < 4.78 is 4.85. The van der Waals surface area contributed by atoms with E-state index in [0.29, 0.717) is 24.9 Å². The minimum Gasteiger partial charge on any atom is -0.468 e. The molecule has 0 aromatic heterocycles. The van der Waals surface area contributed by atoms with Crippen molar-refractivity contribution >= 4 is 6.47 Å². The molecule has 0 amide bonds. The van der Waals surface area contributed by atoms with Crippen LogP contribution < -0.4 is 0 Å². The maximum absolute atomic E-state index is 10.1. The van der Waals surface area contributed by atoms with Gasteiger partial charge in [0.2, 0.25) is 0 Å². The van der Waals surface area contributed by atoms with Crippen LogP contribution in [-0.2, 0) is 9.53 Å². The van der Waals surface area contributed by atoms with E-state index in [9.17, 15) is 4.79 Å². The van der Waals surface area contributed by atoms with Gasteiger partial charge in [-0.3, -0.25) is 4.79 Å². The molecule has 0 fully saturated rings. The third-order valence-electron chi connectivity index (χ3n) is 2.42. The lowest BCUT2D eigenvalue weighted by Crippen LogP contribution is -2.12. The van der Waals surface area contributed by atoms with Gasteiger partial charge in [0, 0.05) is 0 Å². The number of unbranched alkanes of at least 4 members (excludes halogenated alkanes) is 2. The molecule has 0 saturated carbocycles. The zero-order chi connectivity index (χ0) is 12.8. The molecule has 0 rings (SSSR count). The molecule has 0 heterocycles. The van der Waals surface area contributed by atoms with Crippen molar-refractivity contribution in [3.63, 3.8) is 0 Å². The van der Waals surface area contributed by atoms with Gasteiger partial charge in [-0.15, -0.1) is 13.2 Å². The molecule has 0 N–H and O–H groups in total. The highest BCUT2D eigenvalue weighted by molar-refractivity contribution is 5.36. The van der Waals surface area contributed by atoms with Gasteiger partial charge in [-0.2, -0.15) is 0 Å². The average molecular weight is 228 g/mol. The van der Waals surface area contributed by atoms with Crippen molar-refractivity contribution in [3.05, 3.63) is 13.2 Å². The third kappa shape index (κ3) is 13.2. The number of hydrogen-bond acceptors (Lipinski definition) is 2. The highest BCUT2D eigenvalue weighted by Crippen LogP contribution is 2.18. The van der Waals surface area contributed by atoms with Crippen LogP contribution >= 0.6 is 0 Å². The Morgan fingerprint density at radius 2 is 1.88 bits per heavy atom. The molecule has 96 valence electrons. The van der Waals surface area contributed by atoms with E-state index >= 15 is 0 Å². The quantitative estimate of drug-likeness (QED) is 0.336. The Morgan fingerprint density at radius 1 is 1.25 bits per heavy atom. The summed E-state index contributed by atoms with van der Waals surface area (Å²) in [4.78, 5) is 10.1. The summed E-state index contributed by atoms with van der Waals surface area (Å²) in [7, 11) is 0. The van der Waals surface area contributed by atoms with Crippen LogP contribution in [0.15, 0.2) is 13.2 Å². The lowest BCUT2D eigenvalue weighted by molar-refractivity contribution is -0.130. The van der Waals surface area contributed by atoms with Crippen LogP contribution in [0.4, 0.5) is 0 Å². The highest BCUT2D eigenvalue weighted by Gasteiger charge is 2.10. The Bertz CT molecular complexity index is 144. The Balaban J connectivity index is 0. The van der Waals surface area contributed by atoms with Crippen LogP contribution in [0.5, 0.6) is 0 Å². The van der Waals surface area contributed by atoms with Crippen LogP contribution in [0, 0.1) is 11.8 Å². The Morgan fingerprint density at radius 3 is 2.31 bits per heavy atom. The van der Waals surface area contributed by atoms with Gasteiger partial charge in [-0.25, -0.2) is 0 Å². The van der Waals surface area contributed by atoms with Gasteiger partial charge in [0.05, 0.1) is 6.61 Å². The van der Waals surface area contributed by atoms with Crippen molar-refractivity contribution in [1.82, 2.24) is 0 Å². The van der Waals surface area contributed by atoms with Crippen LogP contribution in [0.2, 0.25) is 0 Å². The standard InChI is InChI=1S/C12H24O2.C2H4/c1-4-5-6-7-12(8-11(2)3)9-14-10-13;1-2/h10-12H,4-9H2,1-3H3;1-2H2. The first-order chi connectivity index (χ1) is 7.70. The lowest BCUT2D eigenvalue weighted by atomic mass is 9.93. The second-order valence-corrected chi connectivity index (χ2v) is 4.42. The van der Waals surface area contributed by atoms with Gasteiger partial charge < -0.3 is 4.74 Å². The predicted octanol–water partition coefficient (Wildman–Crippen LogP) is 4.20. The smallest absolute Gasteiger partial charge is 0.293 e. The maximum Gasteiger partial charge on any atom is 0.293 e. The van der Waals surface area contributed by atoms with E-state index in [-0.39, 0.29) is 0 Å². The summed E-state index contributed by atoms with van der Waals surface area (Å²) in [5, 5.41) is 0. The summed E-state index contributed by atoms with van der Waals surface area (Å²) >= 11 is 0. The van der Waals surface area contributed by atoms with Gasteiger partial charge in [-0.05, 0) is 24.7 Å². The predicted molar refractivity (Wildman–Crippen MR) is 70.4 cm³/mol. The first-order valence-corrected chi connectivity index (χ1v) is 6.25. The van der Waals surface area contributed by atoms with Gasteiger partial charge >= 0.3 is 0 Å². The van der Waals surface area contributed by atoms with E-state index < -0.39 is 0 Å². The summed E-state index contributed by atoms with van der Waals surface area (Å²) in [5.74, 6) is 1.25. The van der Waals surface area contributed by atoms with Crippen LogP contribution in [0.3, 0.4) is 0 Å². The molecule has 2 heteroatoms. The van der Waals surface area contributed by atoms with E-state index in [1.165, 1.54) is 25.7 Å². The fourth-order valence-corrected chi connectivity index (χ4v) is 1.79. The molecule has 2 nitrogen and oxygen atoms in total. The second-order valence-electron chi connectivity index (χ2n) is 4.42. The van der Waals surface area contributed by atoms with E-state index in [4.69, 9.17) is 4.74 Å². The third-order valence-corrected chi connectivity index (χ3v) is 2.42. The van der Waals surface area contributed by atoms with E-state index in [2.05, 4.69) is 33.9 Å². The molecule has 0 aliphatic carbocycles. The minimum absolute atomic E-state index is 0.562. The maximum atomic E-state index is 10.1.